The Kier molecular flexibility index (Phi) is 5.35. The molecule has 4 rings (SSSR count). The third-order valence-electron chi connectivity index (χ3n) is 4.61. The number of hydrogen-bond acceptors (Lipinski definition) is 6. The van der Waals surface area contributed by atoms with Crippen molar-refractivity contribution in [2.75, 3.05) is 11.1 Å². The number of pyridine rings is 1. The topological polar surface area (TPSA) is 112 Å². The van der Waals surface area contributed by atoms with Crippen LogP contribution in [0.5, 0.6) is 0 Å². The molecule has 2 aromatic carbocycles. The number of nitrogens with zero attached hydrogens (tertiary/aromatic N) is 5. The van der Waals surface area contributed by atoms with Gasteiger partial charge in [0, 0.05) is 23.9 Å². The molecule has 2 aromatic heterocycles. The van der Waals surface area contributed by atoms with Crippen LogP contribution in [0.25, 0.3) is 28.2 Å². The van der Waals surface area contributed by atoms with Crippen molar-refractivity contribution in [1.29, 1.82) is 0 Å². The standard InChI is InChI=1S/C21H17F2N7O/c1-2-18(31)26-14-8-6-12(7-9-14)13-10-15(20(24)25-11-13)21-27-28-29-30(21)17-5-3-4-16(22)19(17)23/h3-11H,2H2,1H3,(H2,24,25)(H,26,31). The lowest BCUT2D eigenvalue weighted by Gasteiger charge is -2.10. The summed E-state index contributed by atoms with van der Waals surface area (Å²) >= 11 is 0. The number of carbonyl (C=O) groups excluding carboxylic acids is 1. The number of nitrogens with one attached hydrogen (secondary N) is 1. The fourth-order valence-electron chi connectivity index (χ4n) is 2.98. The van der Waals surface area contributed by atoms with Crippen molar-refractivity contribution in [2.45, 2.75) is 13.3 Å². The predicted molar refractivity (Wildman–Crippen MR) is 111 cm³/mol. The van der Waals surface area contributed by atoms with E-state index in [1.54, 1.807) is 31.3 Å². The van der Waals surface area contributed by atoms with Gasteiger partial charge in [0.25, 0.3) is 0 Å². The number of carbonyl (C=O) groups is 1. The molecule has 0 spiro atoms. The highest BCUT2D eigenvalue weighted by Crippen LogP contribution is 2.30. The molecule has 0 aliphatic heterocycles. The largest absolute Gasteiger partial charge is 0.383 e. The molecule has 3 N–H and O–H groups in total. The van der Waals surface area contributed by atoms with E-state index in [0.717, 1.165) is 16.3 Å². The molecule has 156 valence electrons. The average molecular weight is 421 g/mol. The van der Waals surface area contributed by atoms with Crippen molar-refractivity contribution in [1.82, 2.24) is 25.2 Å². The fourth-order valence-corrected chi connectivity index (χ4v) is 2.98. The van der Waals surface area contributed by atoms with Crippen LogP contribution in [0, 0.1) is 11.6 Å². The normalized spacial score (nSPS) is 10.8. The lowest BCUT2D eigenvalue weighted by atomic mass is 10.0. The number of aromatic nitrogens is 5. The van der Waals surface area contributed by atoms with Crippen LogP contribution < -0.4 is 11.1 Å². The number of halogens is 2. The predicted octanol–water partition coefficient (Wildman–Crippen LogP) is 3.60. The van der Waals surface area contributed by atoms with E-state index in [1.165, 1.54) is 12.1 Å². The number of hydrogen-bond donors (Lipinski definition) is 2. The number of nitrogens with two attached hydrogens (primary N) is 1. The van der Waals surface area contributed by atoms with Crippen LogP contribution in [0.15, 0.2) is 54.7 Å². The highest BCUT2D eigenvalue weighted by molar-refractivity contribution is 5.90. The first-order valence-electron chi connectivity index (χ1n) is 9.37. The van der Waals surface area contributed by atoms with Crippen molar-refractivity contribution in [3.63, 3.8) is 0 Å². The number of benzene rings is 2. The van der Waals surface area contributed by atoms with Crippen LogP contribution >= 0.6 is 0 Å². The first-order chi connectivity index (χ1) is 15.0. The molecule has 0 unspecified atom stereocenters. The Balaban J connectivity index is 1.73. The zero-order valence-corrected chi connectivity index (χ0v) is 16.4. The quantitative estimate of drug-likeness (QED) is 0.509. The molecular formula is C21H17F2N7O. The molecule has 2 heterocycles. The Bertz CT molecular complexity index is 1260. The number of tetrazole rings is 1. The van der Waals surface area contributed by atoms with Gasteiger partial charge in [0.05, 0.1) is 5.56 Å². The maximum absolute atomic E-state index is 14.3. The lowest BCUT2D eigenvalue weighted by molar-refractivity contribution is -0.115. The number of rotatable bonds is 5. The van der Waals surface area contributed by atoms with Crippen molar-refractivity contribution < 1.29 is 13.6 Å². The number of anilines is 2. The molecule has 1 amide bonds. The van der Waals surface area contributed by atoms with E-state index < -0.39 is 11.6 Å². The molecule has 0 fully saturated rings. The smallest absolute Gasteiger partial charge is 0.224 e. The molecule has 0 saturated carbocycles. The maximum Gasteiger partial charge on any atom is 0.224 e. The highest BCUT2D eigenvalue weighted by Gasteiger charge is 2.19. The Morgan fingerprint density at radius 3 is 2.65 bits per heavy atom. The van der Waals surface area contributed by atoms with E-state index in [-0.39, 0.29) is 23.2 Å². The summed E-state index contributed by atoms with van der Waals surface area (Å²) in [4.78, 5) is 15.7. The lowest BCUT2D eigenvalue weighted by Crippen LogP contribution is -2.09. The molecule has 0 radical (unpaired) electrons. The van der Waals surface area contributed by atoms with E-state index in [4.69, 9.17) is 5.73 Å². The summed E-state index contributed by atoms with van der Waals surface area (Å²) in [6.45, 7) is 1.77. The van der Waals surface area contributed by atoms with E-state index in [0.29, 0.717) is 23.2 Å². The van der Waals surface area contributed by atoms with E-state index in [2.05, 4.69) is 25.8 Å². The van der Waals surface area contributed by atoms with Gasteiger partial charge in [-0.15, -0.1) is 5.10 Å². The Morgan fingerprint density at radius 1 is 1.13 bits per heavy atom. The second-order valence-electron chi connectivity index (χ2n) is 6.62. The molecule has 0 bridgehead atoms. The second kappa shape index (κ2) is 8.27. The summed E-state index contributed by atoms with van der Waals surface area (Å²) in [5, 5.41) is 14.1. The Labute approximate surface area is 175 Å². The van der Waals surface area contributed by atoms with Gasteiger partial charge < -0.3 is 11.1 Å². The van der Waals surface area contributed by atoms with Gasteiger partial charge in [-0.3, -0.25) is 4.79 Å². The minimum absolute atomic E-state index is 0.0828. The molecular weight excluding hydrogens is 404 g/mol. The SMILES string of the molecule is CCC(=O)Nc1ccc(-c2cnc(N)c(-c3nnnn3-c3cccc(F)c3F)c2)cc1. The first-order valence-corrected chi connectivity index (χ1v) is 9.37. The maximum atomic E-state index is 14.3. The third-order valence-corrected chi connectivity index (χ3v) is 4.61. The Morgan fingerprint density at radius 2 is 1.90 bits per heavy atom. The van der Waals surface area contributed by atoms with Crippen LogP contribution in [0.4, 0.5) is 20.3 Å². The minimum atomic E-state index is -1.08. The van der Waals surface area contributed by atoms with Crippen LogP contribution in [0.1, 0.15) is 13.3 Å². The second-order valence-corrected chi connectivity index (χ2v) is 6.62. The monoisotopic (exact) mass is 421 g/mol. The summed E-state index contributed by atoms with van der Waals surface area (Å²) in [5.41, 5.74) is 8.41. The van der Waals surface area contributed by atoms with Crippen LogP contribution in [-0.4, -0.2) is 31.1 Å². The number of amides is 1. The summed E-state index contributed by atoms with van der Waals surface area (Å²) in [5.74, 6) is -1.94. The molecule has 0 aliphatic rings. The summed E-state index contributed by atoms with van der Waals surface area (Å²) in [6.07, 6.45) is 1.96. The van der Waals surface area contributed by atoms with Crippen molar-refractivity contribution in [3.8, 4) is 28.2 Å². The van der Waals surface area contributed by atoms with E-state index in [1.807, 2.05) is 12.1 Å². The van der Waals surface area contributed by atoms with Gasteiger partial charge in [-0.05, 0) is 46.3 Å². The van der Waals surface area contributed by atoms with Gasteiger partial charge in [0.2, 0.25) is 5.91 Å². The zero-order valence-electron chi connectivity index (χ0n) is 16.4. The van der Waals surface area contributed by atoms with Gasteiger partial charge in [0.15, 0.2) is 17.5 Å². The third kappa shape index (κ3) is 3.95. The fraction of sp³-hybridized carbons (Fsp3) is 0.0952. The van der Waals surface area contributed by atoms with Crippen molar-refractivity contribution in [3.05, 3.63) is 66.4 Å². The first kappa shape index (κ1) is 20.1. The van der Waals surface area contributed by atoms with Crippen LogP contribution in [-0.2, 0) is 4.79 Å². The van der Waals surface area contributed by atoms with Crippen LogP contribution in [0.3, 0.4) is 0 Å². The summed E-state index contributed by atoms with van der Waals surface area (Å²) in [6, 6.07) is 12.6. The average Bonchev–Trinajstić information content (AvgIpc) is 3.26. The minimum Gasteiger partial charge on any atom is -0.383 e. The Hall–Kier alpha value is -4.21. The van der Waals surface area contributed by atoms with Crippen LogP contribution in [0.2, 0.25) is 0 Å². The summed E-state index contributed by atoms with van der Waals surface area (Å²) < 4.78 is 29.0. The summed E-state index contributed by atoms with van der Waals surface area (Å²) in [7, 11) is 0. The molecule has 31 heavy (non-hydrogen) atoms. The molecule has 4 aromatic rings. The van der Waals surface area contributed by atoms with Crippen molar-refractivity contribution in [2.24, 2.45) is 0 Å². The highest BCUT2D eigenvalue weighted by atomic mass is 19.2. The molecule has 8 nitrogen and oxygen atoms in total. The van der Waals surface area contributed by atoms with Gasteiger partial charge in [-0.25, -0.2) is 13.8 Å². The van der Waals surface area contributed by atoms with Gasteiger partial charge in [-0.2, -0.15) is 4.68 Å². The molecule has 0 aliphatic carbocycles. The molecule has 0 saturated heterocycles. The van der Waals surface area contributed by atoms with Gasteiger partial charge in [0.1, 0.15) is 11.5 Å². The van der Waals surface area contributed by atoms with Gasteiger partial charge >= 0.3 is 0 Å². The van der Waals surface area contributed by atoms with E-state index >= 15 is 0 Å². The van der Waals surface area contributed by atoms with Gasteiger partial charge in [-0.1, -0.05) is 25.1 Å². The number of nitrogen functional groups attached to an aromatic ring is 1. The zero-order chi connectivity index (χ0) is 22.0. The molecule has 0 atom stereocenters. The van der Waals surface area contributed by atoms with Crippen molar-refractivity contribution >= 4 is 17.4 Å². The molecule has 10 heteroatoms. The van der Waals surface area contributed by atoms with E-state index in [9.17, 15) is 13.6 Å².